The zero-order chi connectivity index (χ0) is 11.9. The second kappa shape index (κ2) is 7.60. The van der Waals surface area contributed by atoms with Crippen LogP contribution in [-0.4, -0.2) is 32.2 Å². The Morgan fingerprint density at radius 1 is 0.941 bits per heavy atom. The predicted octanol–water partition coefficient (Wildman–Crippen LogP) is 3.05. The van der Waals surface area contributed by atoms with Crippen LogP contribution in [0.3, 0.4) is 0 Å². The highest BCUT2D eigenvalue weighted by Crippen LogP contribution is 2.30. The Labute approximate surface area is 110 Å². The van der Waals surface area contributed by atoms with E-state index in [2.05, 4.69) is 5.32 Å². The number of nitrogens with one attached hydrogen (secondary N) is 1. The van der Waals surface area contributed by atoms with E-state index in [1.54, 1.807) is 0 Å². The number of alkyl halides is 1. The maximum Gasteiger partial charge on any atom is 0.0469 e. The minimum absolute atomic E-state index is 0.757. The van der Waals surface area contributed by atoms with Crippen LogP contribution in [0.4, 0.5) is 0 Å². The first-order valence-electron chi connectivity index (χ1n) is 7.24. The summed E-state index contributed by atoms with van der Waals surface area (Å²) < 4.78 is 5.39. The first-order valence-corrected chi connectivity index (χ1v) is 7.78. The fraction of sp³-hybridized carbons (Fsp3) is 1.00. The quantitative estimate of drug-likeness (QED) is 0.767. The van der Waals surface area contributed by atoms with Gasteiger partial charge in [0.05, 0.1) is 0 Å². The fourth-order valence-electron chi connectivity index (χ4n) is 3.18. The molecule has 0 radical (unpaired) electrons. The molecule has 100 valence electrons. The minimum Gasteiger partial charge on any atom is -0.381 e. The zero-order valence-electron chi connectivity index (χ0n) is 10.8. The molecule has 1 heterocycles. The molecule has 2 aliphatic rings. The lowest BCUT2D eigenvalue weighted by atomic mass is 9.80. The van der Waals surface area contributed by atoms with Crippen molar-refractivity contribution in [3.05, 3.63) is 0 Å². The lowest BCUT2D eigenvalue weighted by Gasteiger charge is -2.31. The van der Waals surface area contributed by atoms with Gasteiger partial charge in [0.1, 0.15) is 0 Å². The lowest BCUT2D eigenvalue weighted by molar-refractivity contribution is 0.0656. The molecule has 2 nitrogen and oxygen atoms in total. The van der Waals surface area contributed by atoms with Crippen LogP contribution in [0.1, 0.15) is 38.5 Å². The van der Waals surface area contributed by atoms with E-state index in [-0.39, 0.29) is 0 Å². The first-order chi connectivity index (χ1) is 8.40. The van der Waals surface area contributed by atoms with Gasteiger partial charge in [-0.2, -0.15) is 0 Å². The summed E-state index contributed by atoms with van der Waals surface area (Å²) in [7, 11) is 0. The third kappa shape index (κ3) is 4.42. The van der Waals surface area contributed by atoms with E-state index >= 15 is 0 Å². The van der Waals surface area contributed by atoms with Gasteiger partial charge >= 0.3 is 0 Å². The molecule has 2 fully saturated rings. The molecule has 0 bridgehead atoms. The smallest absolute Gasteiger partial charge is 0.0469 e. The Kier molecular flexibility index (Phi) is 6.10. The highest BCUT2D eigenvalue weighted by Gasteiger charge is 2.24. The Morgan fingerprint density at radius 3 is 2.35 bits per heavy atom. The van der Waals surface area contributed by atoms with Crippen LogP contribution in [0.5, 0.6) is 0 Å². The summed E-state index contributed by atoms with van der Waals surface area (Å²) in [5.74, 6) is 3.26. The van der Waals surface area contributed by atoms with Gasteiger partial charge in [0, 0.05) is 19.1 Å². The van der Waals surface area contributed by atoms with Crippen molar-refractivity contribution in [1.29, 1.82) is 0 Å². The van der Waals surface area contributed by atoms with Crippen molar-refractivity contribution in [2.45, 2.75) is 38.5 Å². The van der Waals surface area contributed by atoms with Crippen molar-refractivity contribution >= 4 is 11.6 Å². The summed E-state index contributed by atoms with van der Waals surface area (Å²) in [4.78, 5) is 0. The molecule has 1 saturated carbocycles. The molecule has 0 aromatic carbocycles. The molecule has 1 N–H and O–H groups in total. The van der Waals surface area contributed by atoms with Gasteiger partial charge in [-0.25, -0.2) is 0 Å². The van der Waals surface area contributed by atoms with Gasteiger partial charge in [-0.3, -0.25) is 0 Å². The third-order valence-electron chi connectivity index (χ3n) is 4.45. The van der Waals surface area contributed by atoms with Gasteiger partial charge in [-0.1, -0.05) is 12.8 Å². The van der Waals surface area contributed by atoms with E-state index in [4.69, 9.17) is 16.3 Å². The van der Waals surface area contributed by atoms with Crippen molar-refractivity contribution in [2.75, 3.05) is 32.2 Å². The van der Waals surface area contributed by atoms with Gasteiger partial charge in [-0.15, -0.1) is 11.6 Å². The van der Waals surface area contributed by atoms with Crippen LogP contribution in [0.15, 0.2) is 0 Å². The number of hydrogen-bond donors (Lipinski definition) is 1. The van der Waals surface area contributed by atoms with Crippen molar-refractivity contribution in [3.8, 4) is 0 Å². The lowest BCUT2D eigenvalue weighted by Crippen LogP contribution is -2.35. The van der Waals surface area contributed by atoms with Crippen LogP contribution < -0.4 is 5.32 Å². The van der Waals surface area contributed by atoms with Crippen molar-refractivity contribution in [2.24, 2.45) is 17.8 Å². The molecule has 2 atom stereocenters. The Balaban J connectivity index is 1.62. The molecular weight excluding hydrogens is 234 g/mol. The fourth-order valence-corrected chi connectivity index (χ4v) is 3.59. The summed E-state index contributed by atoms with van der Waals surface area (Å²) in [6.45, 7) is 4.27. The van der Waals surface area contributed by atoms with E-state index < -0.39 is 0 Å². The average Bonchev–Trinajstić information content (AvgIpc) is 2.40. The van der Waals surface area contributed by atoms with Crippen molar-refractivity contribution < 1.29 is 4.74 Å². The average molecular weight is 260 g/mol. The van der Waals surface area contributed by atoms with E-state index in [0.29, 0.717) is 0 Å². The second-order valence-electron chi connectivity index (χ2n) is 5.67. The highest BCUT2D eigenvalue weighted by atomic mass is 35.5. The SMILES string of the molecule is ClCC1CCCCC1CNCC1CCOCC1. The molecular formula is C14H26ClNO. The van der Waals surface area contributed by atoms with E-state index in [0.717, 1.165) is 36.8 Å². The van der Waals surface area contributed by atoms with Gasteiger partial charge in [0.15, 0.2) is 0 Å². The van der Waals surface area contributed by atoms with Gasteiger partial charge < -0.3 is 10.1 Å². The van der Waals surface area contributed by atoms with Crippen molar-refractivity contribution in [3.63, 3.8) is 0 Å². The largest absolute Gasteiger partial charge is 0.381 e. The second-order valence-corrected chi connectivity index (χ2v) is 5.98. The Hall–Kier alpha value is 0.210. The van der Waals surface area contributed by atoms with E-state index in [1.807, 2.05) is 0 Å². The maximum absolute atomic E-state index is 6.06. The molecule has 2 rings (SSSR count). The summed E-state index contributed by atoms with van der Waals surface area (Å²) in [5, 5.41) is 3.67. The molecule has 0 aromatic heterocycles. The third-order valence-corrected chi connectivity index (χ3v) is 4.84. The molecule has 1 aliphatic heterocycles. The van der Waals surface area contributed by atoms with Crippen LogP contribution in [-0.2, 0) is 4.74 Å². The molecule has 1 saturated heterocycles. The molecule has 0 aromatic rings. The standard InChI is InChI=1S/C14H26ClNO/c15-9-13-3-1-2-4-14(13)11-16-10-12-5-7-17-8-6-12/h12-14,16H,1-11H2. The van der Waals surface area contributed by atoms with Crippen molar-refractivity contribution in [1.82, 2.24) is 5.32 Å². The highest BCUT2D eigenvalue weighted by molar-refractivity contribution is 6.18. The topological polar surface area (TPSA) is 21.3 Å². The van der Waals surface area contributed by atoms with Crippen LogP contribution >= 0.6 is 11.6 Å². The molecule has 0 spiro atoms. The van der Waals surface area contributed by atoms with Crippen LogP contribution in [0.25, 0.3) is 0 Å². The normalized spacial score (nSPS) is 31.6. The summed E-state index contributed by atoms with van der Waals surface area (Å²) in [6.07, 6.45) is 7.96. The van der Waals surface area contributed by atoms with Gasteiger partial charge in [0.2, 0.25) is 0 Å². The van der Waals surface area contributed by atoms with Crippen LogP contribution in [0, 0.1) is 17.8 Å². The minimum atomic E-state index is 0.757. The molecule has 1 aliphatic carbocycles. The Bertz CT molecular complexity index is 206. The maximum atomic E-state index is 6.06. The number of rotatable bonds is 5. The predicted molar refractivity (Wildman–Crippen MR) is 72.6 cm³/mol. The summed E-state index contributed by atoms with van der Waals surface area (Å²) in [5.41, 5.74) is 0. The van der Waals surface area contributed by atoms with E-state index in [1.165, 1.54) is 51.6 Å². The Morgan fingerprint density at radius 2 is 1.65 bits per heavy atom. The number of halogens is 1. The summed E-state index contributed by atoms with van der Waals surface area (Å²) in [6, 6.07) is 0. The monoisotopic (exact) mass is 259 g/mol. The van der Waals surface area contributed by atoms with Gasteiger partial charge in [-0.05, 0) is 56.5 Å². The first kappa shape index (κ1) is 13.6. The molecule has 0 amide bonds. The van der Waals surface area contributed by atoms with E-state index in [9.17, 15) is 0 Å². The molecule has 17 heavy (non-hydrogen) atoms. The number of hydrogen-bond acceptors (Lipinski definition) is 2. The summed E-state index contributed by atoms with van der Waals surface area (Å²) >= 11 is 6.06. The van der Waals surface area contributed by atoms with Gasteiger partial charge in [0.25, 0.3) is 0 Å². The number of ether oxygens (including phenoxy) is 1. The van der Waals surface area contributed by atoms with Crippen LogP contribution in [0.2, 0.25) is 0 Å². The molecule has 2 unspecified atom stereocenters. The molecule has 3 heteroatoms. The zero-order valence-corrected chi connectivity index (χ0v) is 11.6.